The van der Waals surface area contributed by atoms with Gasteiger partial charge in [0.25, 0.3) is 0 Å². The Morgan fingerprint density at radius 2 is 1.89 bits per heavy atom. The molecule has 0 fully saturated rings. The Bertz CT molecular complexity index is 388. The lowest BCUT2D eigenvalue weighted by Crippen LogP contribution is -2.24. The first-order chi connectivity index (χ1) is 8.95. The van der Waals surface area contributed by atoms with Crippen LogP contribution >= 0.6 is 0 Å². The summed E-state index contributed by atoms with van der Waals surface area (Å²) >= 11 is 0. The van der Waals surface area contributed by atoms with Crippen molar-refractivity contribution < 1.29 is 14.9 Å². The molecule has 0 saturated heterocycles. The number of aliphatic hydroxyl groups excluding tert-OH is 2. The van der Waals surface area contributed by atoms with Crippen molar-refractivity contribution >= 4 is 0 Å². The Balaban J connectivity index is 2.72. The van der Waals surface area contributed by atoms with Crippen LogP contribution < -0.4 is 4.74 Å². The van der Waals surface area contributed by atoms with Crippen LogP contribution in [-0.2, 0) is 0 Å². The SMILES string of the molecule is CCCOc1ccc(C(C)CC(O)C(C)O)c(C)c1. The molecule has 2 N–H and O–H groups in total. The second-order valence-corrected chi connectivity index (χ2v) is 5.31. The van der Waals surface area contributed by atoms with Crippen molar-refractivity contribution in [2.75, 3.05) is 6.61 Å². The zero-order chi connectivity index (χ0) is 14.4. The van der Waals surface area contributed by atoms with E-state index in [-0.39, 0.29) is 5.92 Å². The van der Waals surface area contributed by atoms with Crippen LogP contribution in [0.1, 0.15) is 50.7 Å². The fraction of sp³-hybridized carbons (Fsp3) is 0.625. The summed E-state index contributed by atoms with van der Waals surface area (Å²) in [6, 6.07) is 6.07. The Morgan fingerprint density at radius 1 is 1.21 bits per heavy atom. The van der Waals surface area contributed by atoms with E-state index in [9.17, 15) is 10.2 Å². The van der Waals surface area contributed by atoms with E-state index in [0.717, 1.165) is 18.8 Å². The molecule has 108 valence electrons. The molecule has 0 bridgehead atoms. The summed E-state index contributed by atoms with van der Waals surface area (Å²) in [7, 11) is 0. The molecule has 1 aromatic rings. The smallest absolute Gasteiger partial charge is 0.119 e. The average molecular weight is 266 g/mol. The Morgan fingerprint density at radius 3 is 2.42 bits per heavy atom. The third-order valence-electron chi connectivity index (χ3n) is 3.40. The highest BCUT2D eigenvalue weighted by Crippen LogP contribution is 2.27. The average Bonchev–Trinajstić information content (AvgIpc) is 2.35. The van der Waals surface area contributed by atoms with Gasteiger partial charge in [0.2, 0.25) is 0 Å². The summed E-state index contributed by atoms with van der Waals surface area (Å²) in [5.41, 5.74) is 2.36. The second kappa shape index (κ2) is 7.51. The van der Waals surface area contributed by atoms with Crippen LogP contribution in [0.5, 0.6) is 5.75 Å². The fourth-order valence-corrected chi connectivity index (χ4v) is 2.20. The van der Waals surface area contributed by atoms with Gasteiger partial charge in [-0.2, -0.15) is 0 Å². The summed E-state index contributed by atoms with van der Waals surface area (Å²) < 4.78 is 5.60. The number of hydrogen-bond acceptors (Lipinski definition) is 3. The minimum atomic E-state index is -0.685. The molecule has 3 nitrogen and oxygen atoms in total. The van der Waals surface area contributed by atoms with Gasteiger partial charge in [-0.3, -0.25) is 0 Å². The molecule has 19 heavy (non-hydrogen) atoms. The third-order valence-corrected chi connectivity index (χ3v) is 3.40. The van der Waals surface area contributed by atoms with Gasteiger partial charge in [0.15, 0.2) is 0 Å². The molecule has 3 heteroatoms. The largest absolute Gasteiger partial charge is 0.494 e. The lowest BCUT2D eigenvalue weighted by molar-refractivity contribution is 0.0227. The van der Waals surface area contributed by atoms with Crippen molar-refractivity contribution in [1.82, 2.24) is 0 Å². The number of hydrogen-bond donors (Lipinski definition) is 2. The van der Waals surface area contributed by atoms with Gasteiger partial charge >= 0.3 is 0 Å². The highest BCUT2D eigenvalue weighted by Gasteiger charge is 2.17. The van der Waals surface area contributed by atoms with Crippen molar-refractivity contribution in [3.05, 3.63) is 29.3 Å². The lowest BCUT2D eigenvalue weighted by atomic mass is 9.90. The molecule has 1 aromatic carbocycles. The fourth-order valence-electron chi connectivity index (χ4n) is 2.20. The molecule has 0 aromatic heterocycles. The van der Waals surface area contributed by atoms with Crippen molar-refractivity contribution in [2.45, 2.75) is 58.7 Å². The molecule has 0 amide bonds. The van der Waals surface area contributed by atoms with E-state index in [1.165, 1.54) is 11.1 Å². The van der Waals surface area contributed by atoms with Crippen LogP contribution in [-0.4, -0.2) is 29.0 Å². The van der Waals surface area contributed by atoms with Gasteiger partial charge in [-0.25, -0.2) is 0 Å². The van der Waals surface area contributed by atoms with Gasteiger partial charge in [0.1, 0.15) is 5.75 Å². The number of aliphatic hydroxyl groups is 2. The molecule has 0 saturated carbocycles. The maximum absolute atomic E-state index is 9.75. The van der Waals surface area contributed by atoms with Gasteiger partial charge < -0.3 is 14.9 Å². The van der Waals surface area contributed by atoms with Crippen molar-refractivity contribution in [1.29, 1.82) is 0 Å². The highest BCUT2D eigenvalue weighted by molar-refractivity contribution is 5.36. The van der Waals surface area contributed by atoms with Gasteiger partial charge in [-0.05, 0) is 55.9 Å². The number of aryl methyl sites for hydroxylation is 1. The van der Waals surface area contributed by atoms with Crippen molar-refractivity contribution in [3.8, 4) is 5.75 Å². The third kappa shape index (κ3) is 4.84. The molecule has 3 unspecified atom stereocenters. The highest BCUT2D eigenvalue weighted by atomic mass is 16.5. The predicted octanol–water partition coefficient (Wildman–Crippen LogP) is 3.02. The van der Waals surface area contributed by atoms with Gasteiger partial charge in [-0.1, -0.05) is 19.9 Å². The van der Waals surface area contributed by atoms with Crippen molar-refractivity contribution in [3.63, 3.8) is 0 Å². The quantitative estimate of drug-likeness (QED) is 0.797. The van der Waals surface area contributed by atoms with E-state index in [0.29, 0.717) is 6.42 Å². The molecule has 0 aliphatic carbocycles. The zero-order valence-corrected chi connectivity index (χ0v) is 12.4. The number of rotatable bonds is 7. The van der Waals surface area contributed by atoms with Gasteiger partial charge in [0.05, 0.1) is 18.8 Å². The van der Waals surface area contributed by atoms with E-state index in [2.05, 4.69) is 26.8 Å². The van der Waals surface area contributed by atoms with Crippen molar-refractivity contribution in [2.24, 2.45) is 0 Å². The Labute approximate surface area is 116 Å². The first kappa shape index (κ1) is 16.0. The molecule has 0 aliphatic heterocycles. The molecule has 0 aliphatic rings. The van der Waals surface area contributed by atoms with Crippen LogP contribution in [0.2, 0.25) is 0 Å². The molecular weight excluding hydrogens is 240 g/mol. The zero-order valence-electron chi connectivity index (χ0n) is 12.4. The van der Waals surface area contributed by atoms with E-state index < -0.39 is 12.2 Å². The second-order valence-electron chi connectivity index (χ2n) is 5.31. The lowest BCUT2D eigenvalue weighted by Gasteiger charge is -2.20. The Kier molecular flexibility index (Phi) is 6.32. The van der Waals surface area contributed by atoms with Crippen LogP contribution in [0.4, 0.5) is 0 Å². The van der Waals surface area contributed by atoms with Crippen LogP contribution in [0.25, 0.3) is 0 Å². The first-order valence-electron chi connectivity index (χ1n) is 7.05. The monoisotopic (exact) mass is 266 g/mol. The summed E-state index contributed by atoms with van der Waals surface area (Å²) in [5, 5.41) is 19.1. The molecule has 0 heterocycles. The molecule has 0 spiro atoms. The van der Waals surface area contributed by atoms with E-state index in [1.54, 1.807) is 6.92 Å². The molecular formula is C16H26O3. The van der Waals surface area contributed by atoms with Crippen LogP contribution in [0.3, 0.4) is 0 Å². The Hall–Kier alpha value is -1.06. The summed E-state index contributed by atoms with van der Waals surface area (Å²) in [4.78, 5) is 0. The maximum atomic E-state index is 9.75. The predicted molar refractivity (Wildman–Crippen MR) is 77.7 cm³/mol. The minimum Gasteiger partial charge on any atom is -0.494 e. The molecule has 0 radical (unpaired) electrons. The minimum absolute atomic E-state index is 0.213. The van der Waals surface area contributed by atoms with E-state index in [1.807, 2.05) is 12.1 Å². The van der Waals surface area contributed by atoms with Crippen LogP contribution in [0.15, 0.2) is 18.2 Å². The molecule has 3 atom stereocenters. The first-order valence-corrected chi connectivity index (χ1v) is 7.05. The van der Waals surface area contributed by atoms with Gasteiger partial charge in [0, 0.05) is 0 Å². The topological polar surface area (TPSA) is 49.7 Å². The van der Waals surface area contributed by atoms with E-state index in [4.69, 9.17) is 4.74 Å². The maximum Gasteiger partial charge on any atom is 0.119 e. The van der Waals surface area contributed by atoms with Gasteiger partial charge in [-0.15, -0.1) is 0 Å². The van der Waals surface area contributed by atoms with Crippen LogP contribution in [0, 0.1) is 6.92 Å². The summed E-state index contributed by atoms with van der Waals surface area (Å²) in [6.45, 7) is 8.56. The normalized spacial score (nSPS) is 15.9. The van der Waals surface area contributed by atoms with E-state index >= 15 is 0 Å². The summed E-state index contributed by atoms with van der Waals surface area (Å²) in [6.07, 6.45) is 0.200. The number of benzene rings is 1. The summed E-state index contributed by atoms with van der Waals surface area (Å²) in [5.74, 6) is 1.11. The standard InChI is InChI=1S/C16H26O3/c1-5-8-19-14-6-7-15(11(2)9-14)12(3)10-16(18)13(4)17/h6-7,9,12-13,16-18H,5,8,10H2,1-4H3. The molecule has 1 rings (SSSR count). The number of ether oxygens (including phenoxy) is 1.